The zero-order valence-electron chi connectivity index (χ0n) is 20.4. The highest BCUT2D eigenvalue weighted by molar-refractivity contribution is 6.35. The fourth-order valence-corrected chi connectivity index (χ4v) is 6.70. The summed E-state index contributed by atoms with van der Waals surface area (Å²) in [5.74, 6) is -0.449. The van der Waals surface area contributed by atoms with E-state index in [1.54, 1.807) is 11.0 Å². The number of likely N-dealkylation sites (tertiary alicyclic amines) is 1. The second-order valence-electron chi connectivity index (χ2n) is 10.8. The molecule has 1 aromatic carbocycles. The third kappa shape index (κ3) is 4.97. The highest BCUT2D eigenvalue weighted by Crippen LogP contribution is 2.47. The number of halogens is 1. The normalized spacial score (nSPS) is 25.5. The first-order valence-corrected chi connectivity index (χ1v) is 13.5. The van der Waals surface area contributed by atoms with Gasteiger partial charge in [-0.05, 0) is 56.1 Å². The summed E-state index contributed by atoms with van der Waals surface area (Å²) in [5.41, 5.74) is 1.15. The molecule has 2 saturated heterocycles. The van der Waals surface area contributed by atoms with Crippen LogP contribution in [0.5, 0.6) is 0 Å². The molecule has 1 spiro atoms. The van der Waals surface area contributed by atoms with E-state index in [0.717, 1.165) is 49.4 Å². The van der Waals surface area contributed by atoms with Crippen molar-refractivity contribution in [2.45, 2.75) is 76.1 Å². The number of hydrogen-bond donors (Lipinski definition) is 4. The van der Waals surface area contributed by atoms with Crippen LogP contribution < -0.4 is 10.6 Å². The van der Waals surface area contributed by atoms with Gasteiger partial charge in [-0.2, -0.15) is 5.26 Å². The smallest absolute Gasteiger partial charge is 0.270 e. The van der Waals surface area contributed by atoms with Crippen molar-refractivity contribution in [2.24, 2.45) is 11.3 Å². The topological polar surface area (TPSA) is 121 Å². The Kier molecular flexibility index (Phi) is 7.25. The Balaban J connectivity index is 1.36. The van der Waals surface area contributed by atoms with Crippen molar-refractivity contribution in [2.75, 3.05) is 13.1 Å². The molecule has 3 heterocycles. The first kappa shape index (κ1) is 25.1. The quantitative estimate of drug-likeness (QED) is 0.440. The van der Waals surface area contributed by atoms with E-state index in [0.29, 0.717) is 36.6 Å². The summed E-state index contributed by atoms with van der Waals surface area (Å²) >= 11 is 6.33. The summed E-state index contributed by atoms with van der Waals surface area (Å²) in [7, 11) is 0. The third-order valence-electron chi connectivity index (χ3n) is 8.37. The average Bonchev–Trinajstić information content (AvgIpc) is 3.48. The zero-order chi connectivity index (χ0) is 25.3. The number of nitriles is 1. The van der Waals surface area contributed by atoms with Crippen LogP contribution in [0.25, 0.3) is 10.9 Å². The maximum Gasteiger partial charge on any atom is 0.270 e. The molecule has 4 N–H and O–H groups in total. The molecule has 5 rings (SSSR count). The van der Waals surface area contributed by atoms with Gasteiger partial charge in [0.25, 0.3) is 5.91 Å². The Labute approximate surface area is 216 Å². The molecule has 2 amide bonds. The molecule has 2 aromatic rings. The summed E-state index contributed by atoms with van der Waals surface area (Å²) in [5, 5.41) is 28.4. The number of piperidine rings is 1. The molecule has 1 saturated carbocycles. The number of rotatable bonds is 6. The fourth-order valence-electron chi connectivity index (χ4n) is 6.47. The van der Waals surface area contributed by atoms with Crippen molar-refractivity contribution in [1.29, 1.82) is 5.26 Å². The van der Waals surface area contributed by atoms with Gasteiger partial charge in [-0.3, -0.25) is 14.9 Å². The van der Waals surface area contributed by atoms with Gasteiger partial charge in [0, 0.05) is 24.4 Å². The number of amides is 2. The molecule has 0 bridgehead atoms. The Morgan fingerprint density at radius 3 is 2.83 bits per heavy atom. The van der Waals surface area contributed by atoms with E-state index in [2.05, 4.69) is 21.7 Å². The van der Waals surface area contributed by atoms with E-state index in [9.17, 15) is 20.0 Å². The number of hydrogen-bond acceptors (Lipinski definition) is 5. The molecule has 0 radical (unpaired) electrons. The van der Waals surface area contributed by atoms with Crippen LogP contribution in [0.1, 0.15) is 68.3 Å². The standard InChI is InChI=1S/C27H34ClN5O3/c28-20-8-4-6-17-13-21(32-23(17)20)26(36)33-16-27(9-2-1-3-10-27)14-22(33)25(35)31-19(15-29)12-18-7-5-11-30-24(18)34/h4,6,8,13,18-19,22,25,31-32,35H,1-3,5,7,9-12,14,16H2,(H,30,34). The van der Waals surface area contributed by atoms with Crippen LogP contribution in [-0.2, 0) is 4.79 Å². The van der Waals surface area contributed by atoms with Crippen molar-refractivity contribution in [3.05, 3.63) is 35.0 Å². The fraction of sp³-hybridized carbons (Fsp3) is 0.593. The number of H-pyrrole nitrogens is 1. The summed E-state index contributed by atoms with van der Waals surface area (Å²) in [4.78, 5) is 30.9. The lowest BCUT2D eigenvalue weighted by Gasteiger charge is -2.33. The predicted octanol–water partition coefficient (Wildman–Crippen LogP) is 3.70. The summed E-state index contributed by atoms with van der Waals surface area (Å²) in [6.45, 7) is 1.25. The van der Waals surface area contributed by atoms with Gasteiger partial charge in [0.2, 0.25) is 5.91 Å². The van der Waals surface area contributed by atoms with Crippen LogP contribution in [0.2, 0.25) is 5.02 Å². The Morgan fingerprint density at radius 1 is 1.31 bits per heavy atom. The van der Waals surface area contributed by atoms with Crippen LogP contribution in [-0.4, -0.2) is 58.2 Å². The van der Waals surface area contributed by atoms with Crippen LogP contribution in [0, 0.1) is 22.7 Å². The molecule has 8 nitrogen and oxygen atoms in total. The van der Waals surface area contributed by atoms with E-state index < -0.39 is 18.3 Å². The monoisotopic (exact) mass is 511 g/mol. The molecular weight excluding hydrogens is 478 g/mol. The predicted molar refractivity (Wildman–Crippen MR) is 137 cm³/mol. The van der Waals surface area contributed by atoms with Gasteiger partial charge < -0.3 is 20.3 Å². The first-order chi connectivity index (χ1) is 17.4. The van der Waals surface area contributed by atoms with E-state index in [1.807, 2.05) is 18.2 Å². The number of aliphatic hydroxyl groups is 1. The molecule has 1 aromatic heterocycles. The maximum atomic E-state index is 13.8. The first-order valence-electron chi connectivity index (χ1n) is 13.1. The number of aromatic nitrogens is 1. The Hall–Kier alpha value is -2.60. The van der Waals surface area contributed by atoms with Gasteiger partial charge in [0.1, 0.15) is 11.9 Å². The number of nitrogens with zero attached hydrogens (tertiary/aromatic N) is 2. The number of carbonyl (C=O) groups excluding carboxylic acids is 2. The SMILES string of the molecule is N#CC(CC1CCCNC1=O)NC(O)C1CC2(CCCCC2)CN1C(=O)c1cc2cccc(Cl)c2[nH]1. The van der Waals surface area contributed by atoms with Gasteiger partial charge in [0.15, 0.2) is 0 Å². The molecule has 3 aliphatic rings. The summed E-state index contributed by atoms with van der Waals surface area (Å²) in [6.07, 6.45) is 7.09. The van der Waals surface area contributed by atoms with Crippen molar-refractivity contribution in [3.8, 4) is 6.07 Å². The van der Waals surface area contributed by atoms with Crippen LogP contribution in [0.4, 0.5) is 0 Å². The molecular formula is C27H34ClN5O3. The number of aliphatic hydroxyl groups excluding tert-OH is 1. The summed E-state index contributed by atoms with van der Waals surface area (Å²) < 4.78 is 0. The van der Waals surface area contributed by atoms with Crippen molar-refractivity contribution >= 4 is 34.3 Å². The van der Waals surface area contributed by atoms with Crippen molar-refractivity contribution in [1.82, 2.24) is 20.5 Å². The molecule has 4 atom stereocenters. The lowest BCUT2D eigenvalue weighted by Crippen LogP contribution is -2.52. The lowest BCUT2D eigenvalue weighted by molar-refractivity contribution is -0.127. The third-order valence-corrected chi connectivity index (χ3v) is 8.69. The number of benzene rings is 1. The van der Waals surface area contributed by atoms with Gasteiger partial charge >= 0.3 is 0 Å². The lowest BCUT2D eigenvalue weighted by atomic mass is 9.72. The summed E-state index contributed by atoms with van der Waals surface area (Å²) in [6, 6.07) is 8.43. The minimum absolute atomic E-state index is 0.0176. The Morgan fingerprint density at radius 2 is 2.11 bits per heavy atom. The zero-order valence-corrected chi connectivity index (χ0v) is 21.2. The minimum Gasteiger partial charge on any atom is -0.376 e. The molecule has 1 aliphatic carbocycles. The van der Waals surface area contributed by atoms with E-state index in [1.165, 1.54) is 6.42 Å². The number of carbonyl (C=O) groups is 2. The van der Waals surface area contributed by atoms with Crippen molar-refractivity contribution < 1.29 is 14.7 Å². The second-order valence-corrected chi connectivity index (χ2v) is 11.2. The largest absolute Gasteiger partial charge is 0.376 e. The highest BCUT2D eigenvalue weighted by Gasteiger charge is 2.49. The van der Waals surface area contributed by atoms with Gasteiger partial charge in [-0.25, -0.2) is 0 Å². The second kappa shape index (κ2) is 10.4. The number of nitrogens with one attached hydrogen (secondary N) is 3. The van der Waals surface area contributed by atoms with Gasteiger partial charge in [-0.15, -0.1) is 0 Å². The number of para-hydroxylation sites is 1. The van der Waals surface area contributed by atoms with Gasteiger partial charge in [0.05, 0.1) is 28.7 Å². The molecule has 4 unspecified atom stereocenters. The van der Waals surface area contributed by atoms with Gasteiger partial charge in [-0.1, -0.05) is 43.0 Å². The van der Waals surface area contributed by atoms with Crippen LogP contribution in [0.15, 0.2) is 24.3 Å². The average molecular weight is 512 g/mol. The Bertz CT molecular complexity index is 1170. The highest BCUT2D eigenvalue weighted by atomic mass is 35.5. The van der Waals surface area contributed by atoms with E-state index in [-0.39, 0.29) is 23.1 Å². The number of aromatic amines is 1. The number of fused-ring (bicyclic) bond motifs is 1. The maximum absolute atomic E-state index is 13.8. The van der Waals surface area contributed by atoms with Crippen LogP contribution in [0.3, 0.4) is 0 Å². The molecule has 3 fully saturated rings. The van der Waals surface area contributed by atoms with E-state index in [4.69, 9.17) is 11.6 Å². The molecule has 192 valence electrons. The molecule has 9 heteroatoms. The van der Waals surface area contributed by atoms with Crippen molar-refractivity contribution in [3.63, 3.8) is 0 Å². The van der Waals surface area contributed by atoms with Crippen LogP contribution >= 0.6 is 11.6 Å². The minimum atomic E-state index is -1.07. The molecule has 2 aliphatic heterocycles. The molecule has 36 heavy (non-hydrogen) atoms. The van der Waals surface area contributed by atoms with E-state index >= 15 is 0 Å².